The van der Waals surface area contributed by atoms with E-state index >= 15 is 0 Å². The van der Waals surface area contributed by atoms with Gasteiger partial charge in [0.25, 0.3) is 0 Å². The number of carbonyl (C=O) groups is 2. The highest BCUT2D eigenvalue weighted by Crippen LogP contribution is 2.21. The summed E-state index contributed by atoms with van der Waals surface area (Å²) in [4.78, 5) is 40.9. The van der Waals surface area contributed by atoms with Gasteiger partial charge in [0.05, 0.1) is 11.9 Å². The van der Waals surface area contributed by atoms with Crippen molar-refractivity contribution in [1.82, 2.24) is 9.88 Å². The predicted molar refractivity (Wildman–Crippen MR) is 103 cm³/mol. The van der Waals surface area contributed by atoms with Gasteiger partial charge in [0, 0.05) is 0 Å². The van der Waals surface area contributed by atoms with Gasteiger partial charge in [0.15, 0.2) is 0 Å². The van der Waals surface area contributed by atoms with Gasteiger partial charge in [0.2, 0.25) is 0 Å². The lowest BCUT2D eigenvalue weighted by Crippen LogP contribution is -2.43. The second-order valence-corrected chi connectivity index (χ2v) is 8.24. The number of nitrogens with two attached hydrogens (primary N) is 1. The number of imide groups is 1. The Labute approximate surface area is 162 Å². The van der Waals surface area contributed by atoms with Gasteiger partial charge in [0.1, 0.15) is 22.6 Å². The fraction of sp³-hybridized carbons (Fsp3) is 0.474. The second kappa shape index (κ2) is 7.49. The summed E-state index contributed by atoms with van der Waals surface area (Å²) in [7, 11) is 0. The molecule has 1 heterocycles. The highest BCUT2D eigenvalue weighted by Gasteiger charge is 2.31. The third-order valence-corrected chi connectivity index (χ3v) is 3.30. The minimum absolute atomic E-state index is 0.0361. The molecular weight excluding hydrogens is 366 g/mol. The highest BCUT2D eigenvalue weighted by atomic mass is 16.6. The monoisotopic (exact) mass is 391 g/mol. The molecule has 1 aromatic carbocycles. The van der Waals surface area contributed by atoms with E-state index in [-0.39, 0.29) is 17.9 Å². The average Bonchev–Trinajstić information content (AvgIpc) is 2.48. The standard InChI is InChI=1S/C19H25N3O6/c1-18(2,3)27-16(24)22(17(25)28-19(4,5)6)10-11-7-8-12-13(9-11)26-15(23)21-14(12)20/h7-9H,10H2,1-6H3,(H2,20,21,23). The van der Waals surface area contributed by atoms with Crippen molar-refractivity contribution in [3.8, 4) is 0 Å². The number of hydrogen-bond acceptors (Lipinski definition) is 8. The van der Waals surface area contributed by atoms with E-state index in [2.05, 4.69) is 4.98 Å². The van der Waals surface area contributed by atoms with Crippen LogP contribution >= 0.6 is 0 Å². The first-order valence-corrected chi connectivity index (χ1v) is 8.68. The number of hydrogen-bond donors (Lipinski definition) is 1. The normalized spacial score (nSPS) is 11.9. The molecule has 0 unspecified atom stereocenters. The van der Waals surface area contributed by atoms with Gasteiger partial charge in [-0.15, -0.1) is 0 Å². The second-order valence-electron chi connectivity index (χ2n) is 8.24. The molecule has 2 rings (SSSR count). The van der Waals surface area contributed by atoms with Crippen LogP contribution in [0.2, 0.25) is 0 Å². The zero-order valence-corrected chi connectivity index (χ0v) is 16.9. The van der Waals surface area contributed by atoms with E-state index < -0.39 is 29.1 Å². The third kappa shape index (κ3) is 5.70. The van der Waals surface area contributed by atoms with E-state index in [0.29, 0.717) is 10.9 Å². The molecule has 0 saturated carbocycles. The Morgan fingerprint density at radius 1 is 1.07 bits per heavy atom. The minimum atomic E-state index is -0.849. The number of carbonyl (C=O) groups excluding carboxylic acids is 2. The number of nitrogens with zero attached hydrogens (tertiary/aromatic N) is 2. The van der Waals surface area contributed by atoms with Crippen LogP contribution in [-0.4, -0.2) is 33.3 Å². The number of nitrogen functional groups attached to an aromatic ring is 1. The molecule has 0 atom stereocenters. The highest BCUT2D eigenvalue weighted by molar-refractivity contribution is 5.89. The largest absolute Gasteiger partial charge is 0.443 e. The van der Waals surface area contributed by atoms with Crippen LogP contribution < -0.4 is 11.5 Å². The summed E-state index contributed by atoms with van der Waals surface area (Å²) in [5, 5.41) is 0.449. The summed E-state index contributed by atoms with van der Waals surface area (Å²) in [5.41, 5.74) is 4.83. The number of rotatable bonds is 2. The molecule has 2 aromatic rings. The number of benzene rings is 1. The van der Waals surface area contributed by atoms with E-state index in [1.54, 1.807) is 53.7 Å². The van der Waals surface area contributed by atoms with Crippen molar-refractivity contribution in [2.45, 2.75) is 59.3 Å². The lowest BCUT2D eigenvalue weighted by Gasteiger charge is -2.28. The Morgan fingerprint density at radius 2 is 1.61 bits per heavy atom. The van der Waals surface area contributed by atoms with Gasteiger partial charge in [-0.1, -0.05) is 6.07 Å². The topological polar surface area (TPSA) is 125 Å². The lowest BCUT2D eigenvalue weighted by molar-refractivity contribution is -0.000251. The Morgan fingerprint density at radius 3 is 2.11 bits per heavy atom. The summed E-state index contributed by atoms with van der Waals surface area (Å²) < 4.78 is 15.7. The molecule has 152 valence electrons. The molecule has 0 aliphatic heterocycles. The molecule has 0 aliphatic rings. The average molecular weight is 391 g/mol. The van der Waals surface area contributed by atoms with Crippen molar-refractivity contribution < 1.29 is 23.5 Å². The number of anilines is 1. The molecule has 0 radical (unpaired) electrons. The van der Waals surface area contributed by atoms with Crippen molar-refractivity contribution in [3.05, 3.63) is 34.3 Å². The van der Waals surface area contributed by atoms with E-state index in [0.717, 1.165) is 4.90 Å². The molecule has 2 N–H and O–H groups in total. The van der Waals surface area contributed by atoms with Crippen LogP contribution in [0.3, 0.4) is 0 Å². The first-order chi connectivity index (χ1) is 12.7. The summed E-state index contributed by atoms with van der Waals surface area (Å²) >= 11 is 0. The molecule has 0 spiro atoms. The molecule has 0 aliphatic carbocycles. The molecule has 9 heteroatoms. The molecule has 9 nitrogen and oxygen atoms in total. The number of fused-ring (bicyclic) bond motifs is 1. The van der Waals surface area contributed by atoms with Crippen LogP contribution in [0.5, 0.6) is 0 Å². The molecule has 2 amide bonds. The van der Waals surface area contributed by atoms with Crippen LogP contribution in [0, 0.1) is 0 Å². The van der Waals surface area contributed by atoms with Gasteiger partial charge in [-0.3, -0.25) is 0 Å². The van der Waals surface area contributed by atoms with Crippen molar-refractivity contribution in [2.75, 3.05) is 5.73 Å². The lowest BCUT2D eigenvalue weighted by atomic mass is 10.1. The Kier molecular flexibility index (Phi) is 5.67. The molecule has 0 fully saturated rings. The van der Waals surface area contributed by atoms with Crippen LogP contribution in [-0.2, 0) is 16.0 Å². The summed E-state index contributed by atoms with van der Waals surface area (Å²) in [5.74, 6) is -0.799. The molecule has 1 aromatic heterocycles. The van der Waals surface area contributed by atoms with E-state index in [1.807, 2.05) is 0 Å². The summed E-state index contributed by atoms with van der Waals surface area (Å²) in [6.45, 7) is 10.0. The minimum Gasteiger partial charge on any atom is -0.443 e. The van der Waals surface area contributed by atoms with E-state index in [4.69, 9.17) is 19.6 Å². The fourth-order valence-corrected chi connectivity index (χ4v) is 2.26. The smallest absolute Gasteiger partial charge is 0.441 e. The number of ether oxygens (including phenoxy) is 2. The molecule has 0 saturated heterocycles. The van der Waals surface area contributed by atoms with Gasteiger partial charge >= 0.3 is 17.9 Å². The summed E-state index contributed by atoms with van der Waals surface area (Å²) in [6.07, 6.45) is -1.70. The van der Waals surface area contributed by atoms with Gasteiger partial charge < -0.3 is 19.6 Å². The van der Waals surface area contributed by atoms with Crippen molar-refractivity contribution >= 4 is 29.0 Å². The van der Waals surface area contributed by atoms with Crippen LogP contribution in [0.25, 0.3) is 11.0 Å². The van der Waals surface area contributed by atoms with E-state index in [1.165, 1.54) is 6.07 Å². The van der Waals surface area contributed by atoms with Crippen molar-refractivity contribution in [2.24, 2.45) is 0 Å². The third-order valence-electron chi connectivity index (χ3n) is 3.30. The maximum Gasteiger partial charge on any atom is 0.441 e. The van der Waals surface area contributed by atoms with Crippen molar-refractivity contribution in [1.29, 1.82) is 0 Å². The maximum atomic E-state index is 12.6. The molecule has 0 bridgehead atoms. The predicted octanol–water partition coefficient (Wildman–Crippen LogP) is 3.44. The van der Waals surface area contributed by atoms with E-state index in [9.17, 15) is 14.4 Å². The van der Waals surface area contributed by atoms with Crippen LogP contribution in [0.1, 0.15) is 47.1 Å². The quantitative estimate of drug-likeness (QED) is 0.825. The molecule has 28 heavy (non-hydrogen) atoms. The number of aromatic nitrogens is 1. The van der Waals surface area contributed by atoms with Crippen LogP contribution in [0.4, 0.5) is 15.4 Å². The molecular formula is C19H25N3O6. The SMILES string of the molecule is CC(C)(C)OC(=O)N(Cc1ccc2c(N)nc(=O)oc2c1)C(=O)OC(C)(C)C. The van der Waals surface area contributed by atoms with Crippen LogP contribution in [0.15, 0.2) is 27.4 Å². The Balaban J connectivity index is 2.38. The number of amides is 2. The Hall–Kier alpha value is -3.10. The Bertz CT molecular complexity index is 925. The summed E-state index contributed by atoms with van der Waals surface area (Å²) in [6, 6.07) is 4.75. The van der Waals surface area contributed by atoms with Crippen molar-refractivity contribution in [3.63, 3.8) is 0 Å². The first kappa shape index (κ1) is 21.2. The first-order valence-electron chi connectivity index (χ1n) is 8.68. The van der Waals surface area contributed by atoms with Gasteiger partial charge in [-0.05, 0) is 59.2 Å². The zero-order chi connectivity index (χ0) is 21.3. The fourth-order valence-electron chi connectivity index (χ4n) is 2.26. The van der Waals surface area contributed by atoms with Gasteiger partial charge in [-0.25, -0.2) is 19.3 Å². The maximum absolute atomic E-state index is 12.6. The zero-order valence-electron chi connectivity index (χ0n) is 16.9. The van der Waals surface area contributed by atoms with Gasteiger partial charge in [-0.2, -0.15) is 4.98 Å².